The van der Waals surface area contributed by atoms with Crippen molar-refractivity contribution < 1.29 is 0 Å². The Morgan fingerprint density at radius 1 is 1.29 bits per heavy atom. The van der Waals surface area contributed by atoms with Crippen LogP contribution in [0.3, 0.4) is 0 Å². The lowest BCUT2D eigenvalue weighted by Gasteiger charge is -2.00. The lowest BCUT2D eigenvalue weighted by atomic mass is 10.7. The van der Waals surface area contributed by atoms with Gasteiger partial charge in [-0.2, -0.15) is 0 Å². The smallest absolute Gasteiger partial charge is 0 e. The Hall–Kier alpha value is 0.540. The first-order valence-corrected chi connectivity index (χ1v) is 3.20. The standard InChI is InChI=1S/C4H11N.Cl2/c1-4-5(2)3;1-2/h4H2,1-3H3;. The maximum atomic E-state index is 4.11. The van der Waals surface area contributed by atoms with Crippen LogP contribution in [0.4, 0.5) is 0 Å². The highest BCUT2D eigenvalue weighted by atomic mass is 36.5. The van der Waals surface area contributed by atoms with E-state index in [1.165, 1.54) is 0 Å². The second-order valence-electron chi connectivity index (χ2n) is 1.40. The highest BCUT2D eigenvalue weighted by molar-refractivity contribution is 6.85. The van der Waals surface area contributed by atoms with Gasteiger partial charge >= 0.3 is 0 Å². The van der Waals surface area contributed by atoms with Crippen LogP contribution >= 0.6 is 21.7 Å². The third-order valence-corrected chi connectivity index (χ3v) is 0.632. The van der Waals surface area contributed by atoms with Gasteiger partial charge in [-0.1, -0.05) is 6.92 Å². The Labute approximate surface area is 54.8 Å². The van der Waals surface area contributed by atoms with E-state index in [0.29, 0.717) is 0 Å². The molecule has 1 nitrogen and oxygen atoms in total. The molecule has 0 saturated heterocycles. The molecule has 0 saturated carbocycles. The molecule has 0 amide bonds. The molecule has 0 N–H and O–H groups in total. The Morgan fingerprint density at radius 2 is 1.43 bits per heavy atom. The fourth-order valence-corrected chi connectivity index (χ4v) is 0. The number of halogens is 2. The zero-order valence-corrected chi connectivity index (χ0v) is 6.42. The van der Waals surface area contributed by atoms with E-state index >= 15 is 0 Å². The van der Waals surface area contributed by atoms with E-state index in [4.69, 9.17) is 0 Å². The third kappa shape index (κ3) is 20.9. The van der Waals surface area contributed by atoms with E-state index in [1.54, 1.807) is 0 Å². The topological polar surface area (TPSA) is 3.24 Å². The van der Waals surface area contributed by atoms with Crippen molar-refractivity contribution >= 4 is 21.7 Å². The molecule has 0 spiro atoms. The summed E-state index contributed by atoms with van der Waals surface area (Å²) >= 11 is 0. The van der Waals surface area contributed by atoms with Gasteiger partial charge in [-0.3, -0.25) is 0 Å². The molecular formula is C4H11Cl2N. The molecule has 0 aliphatic heterocycles. The lowest BCUT2D eigenvalue weighted by molar-refractivity contribution is 0.434. The minimum atomic E-state index is 1.14. The second-order valence-corrected chi connectivity index (χ2v) is 1.40. The summed E-state index contributed by atoms with van der Waals surface area (Å²) in [6.45, 7) is 3.26. The molecule has 0 heterocycles. The molecule has 0 rings (SSSR count). The number of hydrogen-bond acceptors (Lipinski definition) is 1. The fourth-order valence-electron chi connectivity index (χ4n) is 0. The van der Waals surface area contributed by atoms with Crippen LogP contribution in [0, 0.1) is 0 Å². The van der Waals surface area contributed by atoms with Crippen molar-refractivity contribution in [3.63, 3.8) is 0 Å². The van der Waals surface area contributed by atoms with Crippen LogP contribution in [0.25, 0.3) is 0 Å². The number of rotatable bonds is 1. The monoisotopic (exact) mass is 143 g/mol. The summed E-state index contributed by atoms with van der Waals surface area (Å²) < 4.78 is 0. The fraction of sp³-hybridized carbons (Fsp3) is 1.00. The SMILES string of the molecule is CCN(C)C.ClCl. The largest absolute Gasteiger partial charge is 0.310 e. The summed E-state index contributed by atoms with van der Waals surface area (Å²) in [5, 5.41) is 0. The predicted octanol–water partition coefficient (Wildman–Crippen LogP) is 1.95. The van der Waals surface area contributed by atoms with Crippen molar-refractivity contribution in [2.75, 3.05) is 20.6 Å². The summed E-state index contributed by atoms with van der Waals surface area (Å²) in [6, 6.07) is 0. The summed E-state index contributed by atoms with van der Waals surface area (Å²) in [5.74, 6) is 0. The highest BCUT2D eigenvalue weighted by Gasteiger charge is 1.72. The zero-order chi connectivity index (χ0) is 6.28. The van der Waals surface area contributed by atoms with Gasteiger partial charge in [0.2, 0.25) is 0 Å². The van der Waals surface area contributed by atoms with Crippen LogP contribution in [0.5, 0.6) is 0 Å². The Balaban J connectivity index is 0. The van der Waals surface area contributed by atoms with E-state index < -0.39 is 0 Å². The van der Waals surface area contributed by atoms with Gasteiger partial charge in [-0.25, -0.2) is 0 Å². The molecule has 46 valence electrons. The molecule has 0 fully saturated rings. The Bertz CT molecular complexity index is 23.7. The quantitative estimate of drug-likeness (QED) is 0.543. The number of hydrogen-bond donors (Lipinski definition) is 0. The molecule has 0 aromatic carbocycles. The Morgan fingerprint density at radius 3 is 1.43 bits per heavy atom. The van der Waals surface area contributed by atoms with Gasteiger partial charge in [0.1, 0.15) is 0 Å². The van der Waals surface area contributed by atoms with E-state index in [-0.39, 0.29) is 0 Å². The first kappa shape index (κ1) is 10.5. The van der Waals surface area contributed by atoms with E-state index in [1.807, 2.05) is 0 Å². The van der Waals surface area contributed by atoms with Gasteiger partial charge in [0.15, 0.2) is 0 Å². The van der Waals surface area contributed by atoms with Crippen LogP contribution in [0.15, 0.2) is 0 Å². The predicted molar refractivity (Wildman–Crippen MR) is 35.9 cm³/mol. The van der Waals surface area contributed by atoms with Crippen LogP contribution in [-0.4, -0.2) is 25.5 Å². The van der Waals surface area contributed by atoms with Gasteiger partial charge in [0, 0.05) is 21.7 Å². The van der Waals surface area contributed by atoms with Crippen molar-refractivity contribution in [1.29, 1.82) is 0 Å². The molecule has 0 atom stereocenters. The van der Waals surface area contributed by atoms with Crippen LogP contribution in [0.1, 0.15) is 6.92 Å². The maximum absolute atomic E-state index is 4.11. The third-order valence-electron chi connectivity index (χ3n) is 0.632. The summed E-state index contributed by atoms with van der Waals surface area (Å²) in [7, 11) is 12.3. The minimum absolute atomic E-state index is 1.14. The molecule has 0 aliphatic carbocycles. The summed E-state index contributed by atoms with van der Waals surface area (Å²) in [5.41, 5.74) is 0. The molecule has 3 heteroatoms. The van der Waals surface area contributed by atoms with E-state index in [0.717, 1.165) is 6.54 Å². The van der Waals surface area contributed by atoms with Crippen molar-refractivity contribution in [2.24, 2.45) is 0 Å². The second kappa shape index (κ2) is 9.74. The zero-order valence-electron chi connectivity index (χ0n) is 4.91. The molecule has 7 heavy (non-hydrogen) atoms. The van der Waals surface area contributed by atoms with Crippen molar-refractivity contribution in [3.8, 4) is 0 Å². The van der Waals surface area contributed by atoms with Crippen molar-refractivity contribution in [3.05, 3.63) is 0 Å². The van der Waals surface area contributed by atoms with E-state index in [9.17, 15) is 0 Å². The molecule has 0 aromatic heterocycles. The van der Waals surface area contributed by atoms with Crippen LogP contribution in [-0.2, 0) is 0 Å². The average Bonchev–Trinajstić information content (AvgIpc) is 1.73. The lowest BCUT2D eigenvalue weighted by Crippen LogP contribution is -2.08. The summed E-state index contributed by atoms with van der Waals surface area (Å²) in [6.07, 6.45) is 0. The first-order valence-electron chi connectivity index (χ1n) is 2.06. The summed E-state index contributed by atoms with van der Waals surface area (Å²) in [4.78, 5) is 2.12. The molecule has 0 radical (unpaired) electrons. The number of nitrogens with zero attached hydrogens (tertiary/aromatic N) is 1. The van der Waals surface area contributed by atoms with Gasteiger partial charge in [0.25, 0.3) is 0 Å². The van der Waals surface area contributed by atoms with Gasteiger partial charge in [-0.15, -0.1) is 0 Å². The highest BCUT2D eigenvalue weighted by Crippen LogP contribution is 1.69. The van der Waals surface area contributed by atoms with Gasteiger partial charge in [0.05, 0.1) is 0 Å². The van der Waals surface area contributed by atoms with Crippen LogP contribution < -0.4 is 0 Å². The molecule has 0 bridgehead atoms. The van der Waals surface area contributed by atoms with Gasteiger partial charge in [-0.05, 0) is 20.6 Å². The molecular weight excluding hydrogens is 133 g/mol. The molecule has 0 aliphatic rings. The average molecular weight is 144 g/mol. The van der Waals surface area contributed by atoms with Gasteiger partial charge < -0.3 is 4.90 Å². The van der Waals surface area contributed by atoms with Crippen LogP contribution in [0.2, 0.25) is 0 Å². The van der Waals surface area contributed by atoms with Crippen molar-refractivity contribution in [1.82, 2.24) is 4.90 Å². The maximum Gasteiger partial charge on any atom is 0 e. The first-order chi connectivity index (χ1) is 3.27. The van der Waals surface area contributed by atoms with Crippen molar-refractivity contribution in [2.45, 2.75) is 6.92 Å². The minimum Gasteiger partial charge on any atom is -0.310 e. The molecule has 0 aromatic rings. The normalized spacial score (nSPS) is 7.71. The Kier molecular flexibility index (Phi) is 14.6. The molecule has 0 unspecified atom stereocenters. The van der Waals surface area contributed by atoms with E-state index in [2.05, 4.69) is 47.6 Å².